The van der Waals surface area contributed by atoms with Crippen LogP contribution in [0.25, 0.3) is 0 Å². The molecule has 5 N–H and O–H groups in total. The Balaban J connectivity index is 1.75. The lowest BCUT2D eigenvalue weighted by Gasteiger charge is -2.44. The second-order valence-electron chi connectivity index (χ2n) is 7.57. The number of rotatable bonds is 2. The zero-order chi connectivity index (χ0) is 22.7. The van der Waals surface area contributed by atoms with E-state index < -0.39 is 23.6 Å². The minimum Gasteiger partial charge on any atom is -0.508 e. The number of carbonyl (C=O) groups is 1. The predicted molar refractivity (Wildman–Crippen MR) is 113 cm³/mol. The first-order chi connectivity index (χ1) is 14.5. The number of Topliss-reactive ketones (excluding diaryl/α,β-unsaturated/α-hetero) is 1. The molecule has 0 aromatic heterocycles. The van der Waals surface area contributed by atoms with Crippen molar-refractivity contribution in [2.24, 2.45) is 0 Å². The van der Waals surface area contributed by atoms with E-state index in [1.165, 1.54) is 18.2 Å². The summed E-state index contributed by atoms with van der Waals surface area (Å²) in [6.07, 6.45) is -1.83. The highest BCUT2D eigenvalue weighted by molar-refractivity contribution is 6.44. The van der Waals surface area contributed by atoms with Crippen LogP contribution in [0.3, 0.4) is 0 Å². The van der Waals surface area contributed by atoms with Crippen molar-refractivity contribution in [3.8, 4) is 23.0 Å². The lowest BCUT2D eigenvalue weighted by atomic mass is 9.73. The normalized spacial score (nSPS) is 25.2. The van der Waals surface area contributed by atoms with Crippen molar-refractivity contribution in [3.63, 3.8) is 0 Å². The molecule has 0 amide bonds. The van der Waals surface area contributed by atoms with Crippen LogP contribution in [0.1, 0.15) is 17.5 Å². The van der Waals surface area contributed by atoms with E-state index >= 15 is 0 Å². The van der Waals surface area contributed by atoms with Crippen LogP contribution in [0.15, 0.2) is 29.8 Å². The molecular formula is C21H17Cl3O7. The van der Waals surface area contributed by atoms with Gasteiger partial charge in [-0.05, 0) is 30.2 Å². The highest BCUT2D eigenvalue weighted by atomic mass is 35.5. The number of ether oxygens (including phenoxy) is 1. The van der Waals surface area contributed by atoms with Crippen LogP contribution in [-0.2, 0) is 17.6 Å². The standard InChI is InChI=1S/C21H17Cl3O7/c22-12-7-11(25)4-9(17(12)28)3-10-6-14(27)20(30)21(19(10)29)2-1-8-5-13(26)15(23)16(24)18(8)31-21/h4-7,14,20,25-28,30H,1-3H2/t14-,20+,21+/m0/s1. The van der Waals surface area contributed by atoms with Crippen LogP contribution in [-0.4, -0.2) is 49.1 Å². The van der Waals surface area contributed by atoms with E-state index in [-0.39, 0.29) is 68.5 Å². The summed E-state index contributed by atoms with van der Waals surface area (Å²) in [6, 6.07) is 3.77. The molecule has 31 heavy (non-hydrogen) atoms. The summed E-state index contributed by atoms with van der Waals surface area (Å²) >= 11 is 18.1. The Morgan fingerprint density at radius 1 is 1.06 bits per heavy atom. The van der Waals surface area contributed by atoms with Crippen LogP contribution >= 0.6 is 34.8 Å². The van der Waals surface area contributed by atoms with Gasteiger partial charge in [0.15, 0.2) is 5.60 Å². The number of phenols is 3. The molecule has 10 heteroatoms. The molecule has 0 fully saturated rings. The largest absolute Gasteiger partial charge is 0.508 e. The summed E-state index contributed by atoms with van der Waals surface area (Å²) < 4.78 is 5.90. The first-order valence-electron chi connectivity index (χ1n) is 9.26. The van der Waals surface area contributed by atoms with Crippen molar-refractivity contribution in [2.45, 2.75) is 37.1 Å². The highest BCUT2D eigenvalue weighted by Gasteiger charge is 2.55. The Bertz CT molecular complexity index is 1130. The van der Waals surface area contributed by atoms with Crippen LogP contribution < -0.4 is 4.74 Å². The number of aromatic hydroxyl groups is 3. The molecule has 2 aromatic rings. The molecule has 1 aliphatic carbocycles. The van der Waals surface area contributed by atoms with Gasteiger partial charge in [0, 0.05) is 30.0 Å². The monoisotopic (exact) mass is 486 g/mol. The van der Waals surface area contributed by atoms with Gasteiger partial charge in [0.1, 0.15) is 45.3 Å². The Morgan fingerprint density at radius 2 is 1.77 bits per heavy atom. The zero-order valence-corrected chi connectivity index (χ0v) is 18.0. The van der Waals surface area contributed by atoms with Gasteiger partial charge in [0.25, 0.3) is 0 Å². The summed E-state index contributed by atoms with van der Waals surface area (Å²) in [5.41, 5.74) is -1.14. The Morgan fingerprint density at radius 3 is 2.48 bits per heavy atom. The molecule has 164 valence electrons. The van der Waals surface area contributed by atoms with Crippen molar-refractivity contribution < 1.29 is 35.1 Å². The number of aliphatic hydroxyl groups excluding tert-OH is 2. The van der Waals surface area contributed by atoms with E-state index in [1.54, 1.807) is 0 Å². The van der Waals surface area contributed by atoms with Gasteiger partial charge in [0.05, 0.1) is 5.02 Å². The number of hydrogen-bond acceptors (Lipinski definition) is 7. The van der Waals surface area contributed by atoms with E-state index in [1.807, 2.05) is 0 Å². The molecule has 2 aromatic carbocycles. The van der Waals surface area contributed by atoms with Gasteiger partial charge in [-0.3, -0.25) is 4.79 Å². The number of carbonyl (C=O) groups excluding carboxylic acids is 1. The second-order valence-corrected chi connectivity index (χ2v) is 8.74. The maximum atomic E-state index is 13.4. The Kier molecular flexibility index (Phi) is 5.52. The molecule has 0 unspecified atom stereocenters. The average Bonchev–Trinajstić information content (AvgIpc) is 2.73. The van der Waals surface area contributed by atoms with Gasteiger partial charge < -0.3 is 30.3 Å². The maximum absolute atomic E-state index is 13.4. The quantitative estimate of drug-likeness (QED) is 0.411. The Labute approximate surface area is 191 Å². The lowest BCUT2D eigenvalue weighted by molar-refractivity contribution is -0.155. The van der Waals surface area contributed by atoms with E-state index in [4.69, 9.17) is 39.5 Å². The number of aliphatic hydroxyl groups is 2. The van der Waals surface area contributed by atoms with E-state index in [0.29, 0.717) is 5.56 Å². The third-order valence-electron chi connectivity index (χ3n) is 5.63. The molecule has 1 aliphatic heterocycles. The molecule has 4 rings (SSSR count). The van der Waals surface area contributed by atoms with Crippen molar-refractivity contribution >= 4 is 40.6 Å². The van der Waals surface area contributed by atoms with Crippen molar-refractivity contribution in [2.75, 3.05) is 0 Å². The molecule has 2 aliphatic rings. The van der Waals surface area contributed by atoms with Crippen LogP contribution in [0, 0.1) is 0 Å². The lowest BCUT2D eigenvalue weighted by Crippen LogP contribution is -2.62. The van der Waals surface area contributed by atoms with Crippen LogP contribution in [0.2, 0.25) is 15.1 Å². The topological polar surface area (TPSA) is 127 Å². The van der Waals surface area contributed by atoms with Gasteiger partial charge in [-0.2, -0.15) is 0 Å². The minimum absolute atomic E-state index is 0.00141. The van der Waals surface area contributed by atoms with Crippen LogP contribution in [0.5, 0.6) is 23.0 Å². The number of halogens is 3. The van der Waals surface area contributed by atoms with E-state index in [9.17, 15) is 30.3 Å². The SMILES string of the molecule is O=C1C(Cc2cc(O)cc(Cl)c2O)=C[C@H](O)[C@@H](O)[C@@]12CCc1cc(O)c(Cl)c(Cl)c1O2. The fourth-order valence-corrected chi connectivity index (χ4v) is 4.67. The van der Waals surface area contributed by atoms with Crippen LogP contribution in [0.4, 0.5) is 0 Å². The van der Waals surface area contributed by atoms with E-state index in [2.05, 4.69) is 0 Å². The number of hydrogen-bond donors (Lipinski definition) is 5. The molecule has 3 atom stereocenters. The zero-order valence-electron chi connectivity index (χ0n) is 15.8. The molecule has 0 bridgehead atoms. The first-order valence-corrected chi connectivity index (χ1v) is 10.4. The van der Waals surface area contributed by atoms with Crippen molar-refractivity contribution in [3.05, 3.63) is 56.0 Å². The van der Waals surface area contributed by atoms with Gasteiger partial charge in [-0.1, -0.05) is 34.8 Å². The summed E-state index contributed by atoms with van der Waals surface area (Å²) in [6.45, 7) is 0. The molecule has 1 spiro atoms. The molecule has 1 heterocycles. The van der Waals surface area contributed by atoms with Gasteiger partial charge >= 0.3 is 0 Å². The van der Waals surface area contributed by atoms with Crippen molar-refractivity contribution in [1.29, 1.82) is 0 Å². The maximum Gasteiger partial charge on any atom is 0.205 e. The average molecular weight is 488 g/mol. The highest BCUT2D eigenvalue weighted by Crippen LogP contribution is 2.49. The number of aryl methyl sites for hydroxylation is 1. The van der Waals surface area contributed by atoms with Gasteiger partial charge in [-0.15, -0.1) is 0 Å². The van der Waals surface area contributed by atoms with Crippen molar-refractivity contribution in [1.82, 2.24) is 0 Å². The summed E-state index contributed by atoms with van der Waals surface area (Å²) in [5.74, 6) is -1.34. The fraction of sp³-hybridized carbons (Fsp3) is 0.286. The van der Waals surface area contributed by atoms with E-state index in [0.717, 1.165) is 6.07 Å². The third kappa shape index (κ3) is 3.50. The fourth-order valence-electron chi connectivity index (χ4n) is 4.04. The number of ketones is 1. The van der Waals surface area contributed by atoms with Gasteiger partial charge in [-0.25, -0.2) is 0 Å². The molecule has 0 saturated carbocycles. The smallest absolute Gasteiger partial charge is 0.205 e. The first kappa shape index (κ1) is 22.0. The number of phenolic OH excluding ortho intramolecular Hbond substituents is 3. The number of benzene rings is 2. The molecule has 0 radical (unpaired) electrons. The summed E-state index contributed by atoms with van der Waals surface area (Å²) in [4.78, 5) is 13.4. The summed E-state index contributed by atoms with van der Waals surface area (Å²) in [5, 5.41) is 50.7. The molecular weight excluding hydrogens is 471 g/mol. The van der Waals surface area contributed by atoms with Gasteiger partial charge in [0.2, 0.25) is 5.78 Å². The Hall–Kier alpha value is -2.16. The summed E-state index contributed by atoms with van der Waals surface area (Å²) in [7, 11) is 0. The third-order valence-corrected chi connectivity index (χ3v) is 6.75. The molecule has 7 nitrogen and oxygen atoms in total. The predicted octanol–water partition coefficient (Wildman–Crippen LogP) is 3.30. The molecule has 0 saturated heterocycles. The second kappa shape index (κ2) is 7.76. The minimum atomic E-state index is -1.85. The number of fused-ring (bicyclic) bond motifs is 1.